The van der Waals surface area contributed by atoms with Crippen molar-refractivity contribution in [3.05, 3.63) is 80.6 Å². The van der Waals surface area contributed by atoms with Crippen LogP contribution in [0.1, 0.15) is 43.2 Å². The molecule has 1 heterocycles. The molecule has 1 aliphatic carbocycles. The van der Waals surface area contributed by atoms with Crippen LogP contribution in [0.15, 0.2) is 59.4 Å². The predicted molar refractivity (Wildman–Crippen MR) is 135 cm³/mol. The number of rotatable bonds is 6. The van der Waals surface area contributed by atoms with Crippen LogP contribution < -0.4 is 14.8 Å². The number of esters is 1. The van der Waals surface area contributed by atoms with E-state index >= 15 is 0 Å². The van der Waals surface area contributed by atoms with E-state index in [0.29, 0.717) is 38.4 Å². The highest BCUT2D eigenvalue weighted by Crippen LogP contribution is 2.48. The Kier molecular flexibility index (Phi) is 7.43. The molecular formula is C27H27Cl2NO5. The van der Waals surface area contributed by atoms with Crippen molar-refractivity contribution in [3.63, 3.8) is 0 Å². The first-order valence-electron chi connectivity index (χ1n) is 11.3. The molecule has 2 aliphatic rings. The molecule has 0 spiro atoms. The van der Waals surface area contributed by atoms with Crippen molar-refractivity contribution in [1.29, 1.82) is 0 Å². The zero-order valence-electron chi connectivity index (χ0n) is 20.0. The maximum Gasteiger partial charge on any atom is 0.336 e. The summed E-state index contributed by atoms with van der Waals surface area (Å²) in [5.74, 6) is -0.615. The molecule has 35 heavy (non-hydrogen) atoms. The third-order valence-corrected chi connectivity index (χ3v) is 7.06. The van der Waals surface area contributed by atoms with Crippen LogP contribution in [-0.4, -0.2) is 32.6 Å². The molecule has 1 N–H and O–H groups in total. The summed E-state index contributed by atoms with van der Waals surface area (Å²) in [7, 11) is 3.16. The summed E-state index contributed by atoms with van der Waals surface area (Å²) in [4.78, 5) is 26.7. The first kappa shape index (κ1) is 25.1. The highest BCUT2D eigenvalue weighted by Gasteiger charge is 2.45. The first-order valence-corrected chi connectivity index (χ1v) is 12.1. The van der Waals surface area contributed by atoms with E-state index < -0.39 is 17.8 Å². The summed E-state index contributed by atoms with van der Waals surface area (Å²) in [5.41, 5.74) is 3.36. The number of carbonyl (C=O) groups excluding carboxylic acids is 2. The zero-order chi connectivity index (χ0) is 25.3. The van der Waals surface area contributed by atoms with Crippen LogP contribution in [0.4, 0.5) is 0 Å². The van der Waals surface area contributed by atoms with Gasteiger partial charge in [0.05, 0.1) is 32.3 Å². The lowest BCUT2D eigenvalue weighted by atomic mass is 9.68. The monoisotopic (exact) mass is 515 g/mol. The molecule has 3 unspecified atom stereocenters. The van der Waals surface area contributed by atoms with Gasteiger partial charge < -0.3 is 19.5 Å². The lowest BCUT2D eigenvalue weighted by Crippen LogP contribution is -2.42. The number of methoxy groups -OCH3 is 2. The molecule has 6 nitrogen and oxygen atoms in total. The van der Waals surface area contributed by atoms with Gasteiger partial charge in [-0.2, -0.15) is 0 Å². The molecule has 0 fully saturated rings. The van der Waals surface area contributed by atoms with Crippen LogP contribution in [-0.2, 0) is 14.3 Å². The number of benzene rings is 2. The normalized spacial score (nSPS) is 21.6. The van der Waals surface area contributed by atoms with Crippen LogP contribution in [0.25, 0.3) is 0 Å². The Morgan fingerprint density at radius 2 is 1.80 bits per heavy atom. The summed E-state index contributed by atoms with van der Waals surface area (Å²) < 4.78 is 16.2. The maximum atomic E-state index is 13.7. The van der Waals surface area contributed by atoms with Gasteiger partial charge in [-0.05, 0) is 49.2 Å². The summed E-state index contributed by atoms with van der Waals surface area (Å²) in [5, 5.41) is 4.19. The fourth-order valence-corrected chi connectivity index (χ4v) is 5.47. The molecular weight excluding hydrogens is 489 g/mol. The quantitative estimate of drug-likeness (QED) is 0.490. The minimum Gasteiger partial charge on any atom is -0.493 e. The second-order valence-electron chi connectivity index (χ2n) is 8.52. The van der Waals surface area contributed by atoms with Crippen LogP contribution in [0.5, 0.6) is 11.5 Å². The van der Waals surface area contributed by atoms with Crippen molar-refractivity contribution in [2.75, 3.05) is 20.8 Å². The number of allylic oxidation sites excluding steroid dienone is 3. The first-order chi connectivity index (χ1) is 16.8. The number of nitrogens with one attached hydrogen (secondary N) is 1. The highest BCUT2D eigenvalue weighted by atomic mass is 35.5. The van der Waals surface area contributed by atoms with Gasteiger partial charge in [0.15, 0.2) is 11.5 Å². The second-order valence-corrected chi connectivity index (χ2v) is 9.36. The minimum absolute atomic E-state index is 0.0000926. The lowest BCUT2D eigenvalue weighted by Gasteiger charge is -2.39. The van der Waals surface area contributed by atoms with E-state index in [4.69, 9.17) is 37.4 Å². The Labute approximate surface area is 214 Å². The van der Waals surface area contributed by atoms with Crippen molar-refractivity contribution in [1.82, 2.24) is 5.32 Å². The van der Waals surface area contributed by atoms with E-state index in [1.807, 2.05) is 25.1 Å². The van der Waals surface area contributed by atoms with Crippen LogP contribution in [0.2, 0.25) is 10.0 Å². The minimum atomic E-state index is -0.604. The fourth-order valence-electron chi connectivity index (χ4n) is 4.94. The maximum absolute atomic E-state index is 13.7. The van der Waals surface area contributed by atoms with Crippen molar-refractivity contribution < 1.29 is 23.8 Å². The SMILES string of the molecule is CCOC(=O)C1=C(C)NC2=CC(c3ccc(OC)c(OC)c3)CC(=O)C2C1c1ccc(Cl)cc1Cl. The van der Waals surface area contributed by atoms with Gasteiger partial charge in [-0.25, -0.2) is 4.79 Å². The molecule has 0 bridgehead atoms. The molecule has 0 saturated carbocycles. The molecule has 184 valence electrons. The number of ether oxygens (including phenoxy) is 3. The van der Waals surface area contributed by atoms with E-state index in [0.717, 1.165) is 11.3 Å². The van der Waals surface area contributed by atoms with Gasteiger partial charge >= 0.3 is 5.97 Å². The molecule has 0 amide bonds. The van der Waals surface area contributed by atoms with E-state index in [2.05, 4.69) is 11.4 Å². The Bertz CT molecular complexity index is 1240. The highest BCUT2D eigenvalue weighted by molar-refractivity contribution is 6.35. The zero-order valence-corrected chi connectivity index (χ0v) is 21.5. The van der Waals surface area contributed by atoms with E-state index in [1.54, 1.807) is 39.3 Å². The summed E-state index contributed by atoms with van der Waals surface area (Å²) in [6.07, 6.45) is 2.32. The number of halogens is 2. The number of Topliss-reactive ketones (excluding diaryl/α,β-unsaturated/α-hetero) is 1. The fraction of sp³-hybridized carbons (Fsp3) is 0.333. The number of hydrogen-bond acceptors (Lipinski definition) is 6. The third kappa shape index (κ3) is 4.78. The largest absolute Gasteiger partial charge is 0.493 e. The molecule has 0 radical (unpaired) electrons. The van der Waals surface area contributed by atoms with E-state index in [9.17, 15) is 9.59 Å². The summed E-state index contributed by atoms with van der Waals surface area (Å²) in [6, 6.07) is 10.8. The average molecular weight is 516 g/mol. The molecule has 1 aliphatic heterocycles. The molecule has 4 rings (SSSR count). The average Bonchev–Trinajstić information content (AvgIpc) is 2.82. The Morgan fingerprint density at radius 3 is 2.46 bits per heavy atom. The van der Waals surface area contributed by atoms with Gasteiger partial charge in [0, 0.05) is 39.7 Å². The third-order valence-electron chi connectivity index (χ3n) is 6.49. The molecule has 3 atom stereocenters. The van der Waals surface area contributed by atoms with Crippen LogP contribution >= 0.6 is 23.2 Å². The lowest BCUT2D eigenvalue weighted by molar-refractivity contribution is -0.139. The van der Waals surface area contributed by atoms with Gasteiger partial charge in [-0.1, -0.05) is 41.4 Å². The van der Waals surface area contributed by atoms with Gasteiger partial charge in [0.2, 0.25) is 0 Å². The second kappa shape index (κ2) is 10.3. The Balaban J connectivity index is 1.83. The Morgan fingerprint density at radius 1 is 1.06 bits per heavy atom. The van der Waals surface area contributed by atoms with Gasteiger partial charge in [-0.3, -0.25) is 4.79 Å². The van der Waals surface area contributed by atoms with Crippen molar-refractivity contribution in [2.24, 2.45) is 5.92 Å². The molecule has 0 saturated heterocycles. The standard InChI is InChI=1S/C27H27Cl2NO5/c1-5-35-27(32)24-14(2)30-20-10-16(15-6-9-22(33-3)23(12-15)34-4)11-21(31)26(20)25(24)18-8-7-17(28)13-19(18)29/h6-10,12-13,16,25-26,30H,5,11H2,1-4H3. The van der Waals surface area contributed by atoms with Gasteiger partial charge in [-0.15, -0.1) is 0 Å². The molecule has 0 aromatic heterocycles. The summed E-state index contributed by atoms with van der Waals surface area (Å²) >= 11 is 12.7. The van der Waals surface area contributed by atoms with E-state index in [1.165, 1.54) is 0 Å². The van der Waals surface area contributed by atoms with E-state index in [-0.39, 0.29) is 24.7 Å². The number of hydrogen-bond donors (Lipinski definition) is 1. The number of fused-ring (bicyclic) bond motifs is 1. The number of carbonyl (C=O) groups is 2. The van der Waals surface area contributed by atoms with Crippen LogP contribution in [0.3, 0.4) is 0 Å². The van der Waals surface area contributed by atoms with Gasteiger partial charge in [0.25, 0.3) is 0 Å². The van der Waals surface area contributed by atoms with Crippen molar-refractivity contribution in [3.8, 4) is 11.5 Å². The predicted octanol–water partition coefficient (Wildman–Crippen LogP) is 5.79. The topological polar surface area (TPSA) is 73.9 Å². The number of ketones is 1. The van der Waals surface area contributed by atoms with Crippen molar-refractivity contribution >= 4 is 35.0 Å². The summed E-state index contributed by atoms with van der Waals surface area (Å²) in [6.45, 7) is 3.78. The van der Waals surface area contributed by atoms with Crippen LogP contribution in [0, 0.1) is 5.92 Å². The molecule has 8 heteroatoms. The smallest absolute Gasteiger partial charge is 0.336 e. The molecule has 2 aromatic carbocycles. The van der Waals surface area contributed by atoms with Crippen molar-refractivity contribution in [2.45, 2.75) is 32.1 Å². The van der Waals surface area contributed by atoms with Gasteiger partial charge in [0.1, 0.15) is 5.78 Å². The Hall–Kier alpha value is -2.96. The molecule has 2 aromatic rings.